The molecule has 0 aromatic carbocycles. The molecule has 2 heterocycles. The number of hydrogen-bond acceptors (Lipinski definition) is 4. The molecule has 4 nitrogen and oxygen atoms in total. The lowest BCUT2D eigenvalue weighted by Crippen LogP contribution is -2.50. The smallest absolute Gasteiger partial charge is 0.0815 e. The van der Waals surface area contributed by atoms with E-state index in [2.05, 4.69) is 24.1 Å². The van der Waals surface area contributed by atoms with Gasteiger partial charge in [-0.25, -0.2) is 0 Å². The van der Waals surface area contributed by atoms with Crippen LogP contribution in [0, 0.1) is 5.92 Å². The Bertz CT molecular complexity index is 257. The number of aliphatic hydroxyl groups is 1. The summed E-state index contributed by atoms with van der Waals surface area (Å²) in [5.41, 5.74) is -0.534. The average Bonchev–Trinajstić information content (AvgIpc) is 2.38. The van der Waals surface area contributed by atoms with Gasteiger partial charge in [0.2, 0.25) is 0 Å². The van der Waals surface area contributed by atoms with Gasteiger partial charge in [-0.15, -0.1) is 0 Å². The van der Waals surface area contributed by atoms with Crippen molar-refractivity contribution in [2.75, 3.05) is 39.4 Å². The van der Waals surface area contributed by atoms with Crippen LogP contribution in [-0.2, 0) is 4.74 Å². The van der Waals surface area contributed by atoms with E-state index in [0.29, 0.717) is 19.3 Å². The van der Waals surface area contributed by atoms with Crippen LogP contribution in [0.1, 0.15) is 39.5 Å². The molecule has 2 aliphatic heterocycles. The summed E-state index contributed by atoms with van der Waals surface area (Å²) in [6.45, 7) is 10.3. The van der Waals surface area contributed by atoms with E-state index in [0.717, 1.165) is 25.3 Å². The van der Waals surface area contributed by atoms with Crippen molar-refractivity contribution in [3.05, 3.63) is 0 Å². The van der Waals surface area contributed by atoms with Crippen molar-refractivity contribution < 1.29 is 9.84 Å². The van der Waals surface area contributed by atoms with Gasteiger partial charge in [0.15, 0.2) is 0 Å². The van der Waals surface area contributed by atoms with Crippen molar-refractivity contribution >= 4 is 0 Å². The average molecular weight is 270 g/mol. The SMILES string of the molecule is CC(C)CN1CCC(NCC2(O)CCOCC2)CC1. The van der Waals surface area contributed by atoms with Crippen LogP contribution in [0.2, 0.25) is 0 Å². The topological polar surface area (TPSA) is 44.7 Å². The molecule has 2 rings (SSSR count). The second-order valence-corrected chi connectivity index (χ2v) is 6.69. The van der Waals surface area contributed by atoms with Gasteiger partial charge < -0.3 is 20.1 Å². The van der Waals surface area contributed by atoms with Crippen LogP contribution in [0.4, 0.5) is 0 Å². The predicted octanol–water partition coefficient (Wildman–Crippen LogP) is 1.24. The van der Waals surface area contributed by atoms with Crippen molar-refractivity contribution in [2.45, 2.75) is 51.2 Å². The summed E-state index contributed by atoms with van der Waals surface area (Å²) in [5, 5.41) is 14.0. The van der Waals surface area contributed by atoms with E-state index < -0.39 is 5.60 Å². The fourth-order valence-electron chi connectivity index (χ4n) is 3.10. The third kappa shape index (κ3) is 5.03. The molecule has 2 saturated heterocycles. The van der Waals surface area contributed by atoms with Gasteiger partial charge >= 0.3 is 0 Å². The van der Waals surface area contributed by atoms with Crippen LogP contribution < -0.4 is 5.32 Å². The molecule has 2 aliphatic rings. The summed E-state index contributed by atoms with van der Waals surface area (Å²) in [7, 11) is 0. The van der Waals surface area contributed by atoms with Crippen LogP contribution in [0.15, 0.2) is 0 Å². The molecular weight excluding hydrogens is 240 g/mol. The Morgan fingerprint density at radius 2 is 1.89 bits per heavy atom. The molecule has 112 valence electrons. The molecule has 0 atom stereocenters. The Labute approximate surface area is 117 Å². The molecule has 0 bridgehead atoms. The minimum Gasteiger partial charge on any atom is -0.388 e. The Balaban J connectivity index is 1.65. The summed E-state index contributed by atoms with van der Waals surface area (Å²) < 4.78 is 5.31. The monoisotopic (exact) mass is 270 g/mol. The molecular formula is C15H30N2O2. The fourth-order valence-corrected chi connectivity index (χ4v) is 3.10. The molecule has 0 amide bonds. The number of hydrogen-bond donors (Lipinski definition) is 2. The highest BCUT2D eigenvalue weighted by molar-refractivity contribution is 4.86. The minimum atomic E-state index is -0.534. The van der Waals surface area contributed by atoms with Gasteiger partial charge in [-0.1, -0.05) is 13.8 Å². The maximum Gasteiger partial charge on any atom is 0.0815 e. The molecule has 0 saturated carbocycles. The number of ether oxygens (including phenoxy) is 1. The molecule has 0 aromatic rings. The summed E-state index contributed by atoms with van der Waals surface area (Å²) in [6.07, 6.45) is 3.96. The van der Waals surface area contributed by atoms with E-state index in [1.165, 1.54) is 32.5 Å². The van der Waals surface area contributed by atoms with E-state index in [1.54, 1.807) is 0 Å². The molecule has 0 unspecified atom stereocenters. The maximum absolute atomic E-state index is 10.4. The highest BCUT2D eigenvalue weighted by Crippen LogP contribution is 2.20. The molecule has 0 spiro atoms. The normalized spacial score (nSPS) is 25.9. The van der Waals surface area contributed by atoms with Gasteiger partial charge in [0, 0.05) is 45.2 Å². The second-order valence-electron chi connectivity index (χ2n) is 6.69. The Morgan fingerprint density at radius 3 is 2.47 bits per heavy atom. The Hall–Kier alpha value is -0.160. The van der Waals surface area contributed by atoms with E-state index in [9.17, 15) is 5.11 Å². The largest absolute Gasteiger partial charge is 0.388 e. The predicted molar refractivity (Wildman–Crippen MR) is 77.3 cm³/mol. The van der Waals surface area contributed by atoms with E-state index in [-0.39, 0.29) is 0 Å². The summed E-state index contributed by atoms with van der Waals surface area (Å²) in [6, 6.07) is 0.579. The maximum atomic E-state index is 10.4. The number of likely N-dealkylation sites (tertiary alicyclic amines) is 1. The van der Waals surface area contributed by atoms with Gasteiger partial charge in [-0.2, -0.15) is 0 Å². The van der Waals surface area contributed by atoms with E-state index >= 15 is 0 Å². The molecule has 4 heteroatoms. The zero-order valence-corrected chi connectivity index (χ0v) is 12.5. The third-order valence-electron chi connectivity index (χ3n) is 4.35. The Morgan fingerprint density at radius 1 is 1.26 bits per heavy atom. The molecule has 0 aliphatic carbocycles. The summed E-state index contributed by atoms with van der Waals surface area (Å²) in [4.78, 5) is 2.56. The van der Waals surface area contributed by atoms with Crippen LogP contribution in [0.25, 0.3) is 0 Å². The van der Waals surface area contributed by atoms with Crippen molar-refractivity contribution in [3.63, 3.8) is 0 Å². The zero-order valence-electron chi connectivity index (χ0n) is 12.5. The number of nitrogens with zero attached hydrogens (tertiary/aromatic N) is 1. The van der Waals surface area contributed by atoms with Crippen molar-refractivity contribution in [3.8, 4) is 0 Å². The molecule has 0 aromatic heterocycles. The van der Waals surface area contributed by atoms with Gasteiger partial charge in [-0.05, 0) is 31.8 Å². The van der Waals surface area contributed by atoms with E-state index in [1.807, 2.05) is 0 Å². The first-order valence-corrected chi connectivity index (χ1v) is 7.83. The van der Waals surface area contributed by atoms with Gasteiger partial charge in [-0.3, -0.25) is 0 Å². The molecule has 2 N–H and O–H groups in total. The first-order valence-electron chi connectivity index (χ1n) is 7.83. The highest BCUT2D eigenvalue weighted by Gasteiger charge is 2.30. The minimum absolute atomic E-state index is 0.534. The summed E-state index contributed by atoms with van der Waals surface area (Å²) in [5.74, 6) is 0.757. The third-order valence-corrected chi connectivity index (χ3v) is 4.35. The fraction of sp³-hybridized carbons (Fsp3) is 1.00. The number of rotatable bonds is 5. The van der Waals surface area contributed by atoms with Crippen LogP contribution in [0.3, 0.4) is 0 Å². The van der Waals surface area contributed by atoms with Crippen LogP contribution in [-0.4, -0.2) is 61.0 Å². The van der Waals surface area contributed by atoms with E-state index in [4.69, 9.17) is 4.74 Å². The second kappa shape index (κ2) is 7.02. The molecule has 2 fully saturated rings. The van der Waals surface area contributed by atoms with Gasteiger partial charge in [0.05, 0.1) is 5.60 Å². The Kier molecular flexibility index (Phi) is 5.63. The van der Waals surface area contributed by atoms with Crippen molar-refractivity contribution in [1.82, 2.24) is 10.2 Å². The number of nitrogens with one attached hydrogen (secondary N) is 1. The summed E-state index contributed by atoms with van der Waals surface area (Å²) >= 11 is 0. The highest BCUT2D eigenvalue weighted by atomic mass is 16.5. The van der Waals surface area contributed by atoms with Gasteiger partial charge in [0.1, 0.15) is 0 Å². The van der Waals surface area contributed by atoms with Crippen LogP contribution in [0.5, 0.6) is 0 Å². The first-order chi connectivity index (χ1) is 9.07. The zero-order chi connectivity index (χ0) is 13.7. The quantitative estimate of drug-likeness (QED) is 0.789. The first kappa shape index (κ1) is 15.2. The standard InChI is InChI=1S/C15H30N2O2/c1-13(2)11-17-7-3-14(4-8-17)16-12-15(18)5-9-19-10-6-15/h13-14,16,18H,3-12H2,1-2H3. The molecule has 19 heavy (non-hydrogen) atoms. The lowest BCUT2D eigenvalue weighted by Gasteiger charge is -2.37. The van der Waals surface area contributed by atoms with Crippen molar-refractivity contribution in [2.24, 2.45) is 5.92 Å². The van der Waals surface area contributed by atoms with Gasteiger partial charge in [0.25, 0.3) is 0 Å². The molecule has 0 radical (unpaired) electrons. The lowest BCUT2D eigenvalue weighted by atomic mass is 9.93. The van der Waals surface area contributed by atoms with Crippen molar-refractivity contribution in [1.29, 1.82) is 0 Å². The number of piperidine rings is 1. The van der Waals surface area contributed by atoms with Crippen LogP contribution >= 0.6 is 0 Å². The lowest BCUT2D eigenvalue weighted by molar-refractivity contribution is -0.0635.